The Morgan fingerprint density at radius 3 is 2.50 bits per heavy atom. The molecule has 0 spiro atoms. The number of aromatic nitrogens is 4. The number of benzene rings is 1. The highest BCUT2D eigenvalue weighted by molar-refractivity contribution is 9.10. The van der Waals surface area contributed by atoms with E-state index in [1.54, 1.807) is 30.3 Å². The van der Waals surface area contributed by atoms with Gasteiger partial charge in [-0.2, -0.15) is 10.1 Å². The molecule has 0 aliphatic carbocycles. The van der Waals surface area contributed by atoms with E-state index in [4.69, 9.17) is 0 Å². The number of rotatable bonds is 2. The van der Waals surface area contributed by atoms with Crippen molar-refractivity contribution in [3.05, 3.63) is 51.4 Å². The van der Waals surface area contributed by atoms with Crippen molar-refractivity contribution in [1.82, 2.24) is 20.2 Å². The topological polar surface area (TPSA) is 94.7 Å². The second kappa shape index (κ2) is 4.93. The lowest BCUT2D eigenvalue weighted by Crippen LogP contribution is -2.12. The zero-order valence-corrected chi connectivity index (χ0v) is 11.7. The fourth-order valence-electron chi connectivity index (χ4n) is 1.85. The molecule has 20 heavy (non-hydrogen) atoms. The van der Waals surface area contributed by atoms with Gasteiger partial charge < -0.3 is 10.1 Å². The van der Waals surface area contributed by atoms with Gasteiger partial charge in [0.25, 0.3) is 5.56 Å². The molecule has 0 atom stereocenters. The first kappa shape index (κ1) is 12.6. The lowest BCUT2D eigenvalue weighted by molar-refractivity contribution is 0.454. The van der Waals surface area contributed by atoms with Crippen LogP contribution in [-0.2, 0) is 0 Å². The van der Waals surface area contributed by atoms with Gasteiger partial charge in [-0.1, -0.05) is 28.1 Å². The van der Waals surface area contributed by atoms with Crippen LogP contribution in [0.3, 0.4) is 0 Å². The van der Waals surface area contributed by atoms with Gasteiger partial charge in [0.15, 0.2) is 5.82 Å². The molecule has 0 unspecified atom stereocenters. The molecule has 0 fully saturated rings. The van der Waals surface area contributed by atoms with Gasteiger partial charge in [-0.25, -0.2) is 0 Å². The van der Waals surface area contributed by atoms with E-state index < -0.39 is 5.56 Å². The number of halogens is 1. The van der Waals surface area contributed by atoms with Crippen molar-refractivity contribution in [2.24, 2.45) is 0 Å². The molecule has 3 aromatic rings. The van der Waals surface area contributed by atoms with Gasteiger partial charge in [0.1, 0.15) is 11.3 Å². The largest absolute Gasteiger partial charge is 0.493 e. The van der Waals surface area contributed by atoms with Crippen LogP contribution in [0.15, 0.2) is 45.8 Å². The number of nitrogens with one attached hydrogen (secondary N) is 2. The van der Waals surface area contributed by atoms with Gasteiger partial charge in [-0.3, -0.25) is 9.89 Å². The summed E-state index contributed by atoms with van der Waals surface area (Å²) >= 11 is 3.32. The Labute approximate surface area is 121 Å². The third-order valence-electron chi connectivity index (χ3n) is 2.79. The fourth-order valence-corrected chi connectivity index (χ4v) is 2.12. The van der Waals surface area contributed by atoms with Gasteiger partial charge in [-0.15, -0.1) is 0 Å². The van der Waals surface area contributed by atoms with Crippen molar-refractivity contribution < 1.29 is 5.11 Å². The van der Waals surface area contributed by atoms with Gasteiger partial charge >= 0.3 is 0 Å². The van der Waals surface area contributed by atoms with E-state index in [-0.39, 0.29) is 17.3 Å². The summed E-state index contributed by atoms with van der Waals surface area (Å²) in [6, 6.07) is 8.68. The van der Waals surface area contributed by atoms with Crippen LogP contribution in [0.1, 0.15) is 0 Å². The average molecular weight is 333 g/mol. The molecule has 6 nitrogen and oxygen atoms in total. The van der Waals surface area contributed by atoms with Gasteiger partial charge in [0.2, 0.25) is 5.88 Å². The zero-order valence-electron chi connectivity index (χ0n) is 10.1. The monoisotopic (exact) mass is 332 g/mol. The third-order valence-corrected chi connectivity index (χ3v) is 3.32. The summed E-state index contributed by atoms with van der Waals surface area (Å²) in [6.45, 7) is 0. The van der Waals surface area contributed by atoms with Gasteiger partial charge in [0.05, 0.1) is 0 Å². The zero-order chi connectivity index (χ0) is 14.1. The normalized spacial score (nSPS) is 10.7. The molecule has 2 heterocycles. The van der Waals surface area contributed by atoms with E-state index in [0.29, 0.717) is 11.3 Å². The number of aromatic hydroxyl groups is 1. The Morgan fingerprint density at radius 2 is 1.90 bits per heavy atom. The molecular weight excluding hydrogens is 324 g/mol. The molecule has 3 rings (SSSR count). The lowest BCUT2D eigenvalue weighted by Gasteiger charge is -2.05. The minimum absolute atomic E-state index is 0.140. The molecular formula is C13H9BrN4O2. The SMILES string of the molecule is O=c1[nH]c(-c2ccn[nH]2)nc(O)c1-c1ccc(Br)cc1. The molecule has 3 N–H and O–H groups in total. The summed E-state index contributed by atoms with van der Waals surface area (Å²) in [6.07, 6.45) is 1.54. The van der Waals surface area contributed by atoms with Crippen molar-refractivity contribution in [3.8, 4) is 28.5 Å². The van der Waals surface area contributed by atoms with Gasteiger partial charge in [0, 0.05) is 10.7 Å². The van der Waals surface area contributed by atoms with Crippen molar-refractivity contribution in [1.29, 1.82) is 0 Å². The molecule has 0 amide bonds. The summed E-state index contributed by atoms with van der Waals surface area (Å²) in [7, 11) is 0. The summed E-state index contributed by atoms with van der Waals surface area (Å²) in [4.78, 5) is 18.8. The molecule has 0 saturated heterocycles. The first-order chi connectivity index (χ1) is 9.65. The molecule has 2 aromatic heterocycles. The van der Waals surface area contributed by atoms with Crippen molar-refractivity contribution >= 4 is 15.9 Å². The van der Waals surface area contributed by atoms with Crippen LogP contribution in [0.4, 0.5) is 0 Å². The average Bonchev–Trinajstić information content (AvgIpc) is 2.94. The maximum atomic E-state index is 12.1. The number of hydrogen-bond acceptors (Lipinski definition) is 4. The quantitative estimate of drug-likeness (QED) is 0.671. The van der Waals surface area contributed by atoms with Crippen LogP contribution in [0.5, 0.6) is 5.88 Å². The molecule has 0 radical (unpaired) electrons. The molecule has 7 heteroatoms. The van der Waals surface area contributed by atoms with E-state index in [9.17, 15) is 9.90 Å². The summed E-state index contributed by atoms with van der Waals surface area (Å²) in [5.74, 6) is -0.0773. The fraction of sp³-hybridized carbons (Fsp3) is 0. The van der Waals surface area contributed by atoms with Crippen LogP contribution in [0.2, 0.25) is 0 Å². The van der Waals surface area contributed by atoms with E-state index >= 15 is 0 Å². The molecule has 1 aromatic carbocycles. The van der Waals surface area contributed by atoms with Gasteiger partial charge in [-0.05, 0) is 23.8 Å². The molecule has 0 aliphatic rings. The standard InChI is InChI=1S/C13H9BrN4O2/c14-8-3-1-7(2-4-8)10-12(19)16-11(17-13(10)20)9-5-6-15-18-9/h1-6H,(H,15,18)(H2,16,17,19,20). The maximum absolute atomic E-state index is 12.1. The van der Waals surface area contributed by atoms with Crippen LogP contribution in [-0.4, -0.2) is 25.3 Å². The van der Waals surface area contributed by atoms with E-state index in [2.05, 4.69) is 36.1 Å². The summed E-state index contributed by atoms with van der Waals surface area (Å²) in [5, 5.41) is 16.5. The van der Waals surface area contributed by atoms with E-state index in [0.717, 1.165) is 4.47 Å². The van der Waals surface area contributed by atoms with Crippen molar-refractivity contribution in [2.45, 2.75) is 0 Å². The van der Waals surface area contributed by atoms with Crippen LogP contribution in [0, 0.1) is 0 Å². The minimum Gasteiger partial charge on any atom is -0.493 e. The molecule has 0 saturated carbocycles. The van der Waals surface area contributed by atoms with Crippen LogP contribution >= 0.6 is 15.9 Å². The number of aromatic amines is 2. The molecule has 100 valence electrons. The van der Waals surface area contributed by atoms with Crippen LogP contribution < -0.4 is 5.56 Å². The second-order valence-electron chi connectivity index (χ2n) is 4.09. The second-order valence-corrected chi connectivity index (χ2v) is 5.01. The third kappa shape index (κ3) is 2.23. The predicted octanol–water partition coefficient (Wildman–Crippen LogP) is 2.30. The highest BCUT2D eigenvalue weighted by Gasteiger charge is 2.14. The highest BCUT2D eigenvalue weighted by Crippen LogP contribution is 2.26. The minimum atomic E-state index is -0.413. The Balaban J connectivity index is 2.14. The Morgan fingerprint density at radius 1 is 1.15 bits per heavy atom. The smallest absolute Gasteiger partial charge is 0.262 e. The Bertz CT molecular complexity index is 794. The Kier molecular flexibility index (Phi) is 3.11. The highest BCUT2D eigenvalue weighted by atomic mass is 79.9. The summed E-state index contributed by atoms with van der Waals surface area (Å²) in [5.41, 5.74) is 0.848. The maximum Gasteiger partial charge on any atom is 0.262 e. The van der Waals surface area contributed by atoms with Crippen LogP contribution in [0.25, 0.3) is 22.6 Å². The Hall–Kier alpha value is -2.41. The summed E-state index contributed by atoms with van der Waals surface area (Å²) < 4.78 is 0.888. The number of H-pyrrole nitrogens is 2. The number of hydrogen-bond donors (Lipinski definition) is 3. The number of nitrogens with zero attached hydrogens (tertiary/aromatic N) is 2. The first-order valence-electron chi connectivity index (χ1n) is 5.74. The predicted molar refractivity (Wildman–Crippen MR) is 77.2 cm³/mol. The molecule has 0 bridgehead atoms. The van der Waals surface area contributed by atoms with E-state index in [1.165, 1.54) is 6.20 Å². The first-order valence-corrected chi connectivity index (χ1v) is 6.53. The van der Waals surface area contributed by atoms with E-state index in [1.807, 2.05) is 0 Å². The van der Waals surface area contributed by atoms with Crippen molar-refractivity contribution in [3.63, 3.8) is 0 Å². The molecule has 0 aliphatic heterocycles. The lowest BCUT2D eigenvalue weighted by atomic mass is 10.1. The van der Waals surface area contributed by atoms with Crippen molar-refractivity contribution in [2.75, 3.05) is 0 Å².